The van der Waals surface area contributed by atoms with Crippen molar-refractivity contribution < 1.29 is 0 Å². The monoisotopic (exact) mass is 267 g/mol. The Hall–Kier alpha value is -0.0400. The molecule has 1 nitrogen and oxygen atoms in total. The van der Waals surface area contributed by atoms with Crippen LogP contribution in [0.5, 0.6) is 0 Å². The largest absolute Gasteiger partial charge is 0.303 e. The summed E-state index contributed by atoms with van der Waals surface area (Å²) in [5, 5.41) is 0. The standard InChI is InChI=1S/C16H31N.C2H6/c1-3-4-15-9-11-17(12-10-15)13-16-7-5-14(2)6-8-16;1-2/h14-16H,3-13H2,1-2H3;1-2H3. The number of rotatable bonds is 4. The van der Waals surface area contributed by atoms with E-state index in [0.717, 1.165) is 17.8 Å². The zero-order chi connectivity index (χ0) is 14.1. The quantitative estimate of drug-likeness (QED) is 0.663. The summed E-state index contributed by atoms with van der Waals surface area (Å²) < 4.78 is 0. The highest BCUT2D eigenvalue weighted by Crippen LogP contribution is 2.30. The van der Waals surface area contributed by atoms with Crippen molar-refractivity contribution in [2.24, 2.45) is 17.8 Å². The highest BCUT2D eigenvalue weighted by atomic mass is 15.1. The lowest BCUT2D eigenvalue weighted by atomic mass is 9.82. The summed E-state index contributed by atoms with van der Waals surface area (Å²) in [5.41, 5.74) is 0. The Morgan fingerprint density at radius 2 is 1.42 bits per heavy atom. The Morgan fingerprint density at radius 3 is 1.95 bits per heavy atom. The number of hydrogen-bond acceptors (Lipinski definition) is 1. The summed E-state index contributed by atoms with van der Waals surface area (Å²) in [6.07, 6.45) is 11.7. The van der Waals surface area contributed by atoms with Gasteiger partial charge in [0.25, 0.3) is 0 Å². The maximum atomic E-state index is 2.76. The first-order chi connectivity index (χ1) is 9.28. The molecule has 0 amide bonds. The molecular formula is C18H37N. The maximum absolute atomic E-state index is 2.76. The summed E-state index contributed by atoms with van der Waals surface area (Å²) in [6.45, 7) is 12.9. The molecule has 1 heteroatoms. The van der Waals surface area contributed by atoms with E-state index in [1.54, 1.807) is 0 Å². The van der Waals surface area contributed by atoms with E-state index in [1.165, 1.54) is 71.0 Å². The van der Waals surface area contributed by atoms with Gasteiger partial charge in [0.2, 0.25) is 0 Å². The number of nitrogens with zero attached hydrogens (tertiary/aromatic N) is 1. The minimum atomic E-state index is 1.00. The number of hydrogen-bond donors (Lipinski definition) is 0. The minimum absolute atomic E-state index is 1.00. The van der Waals surface area contributed by atoms with Crippen molar-refractivity contribution in [3.05, 3.63) is 0 Å². The van der Waals surface area contributed by atoms with E-state index in [9.17, 15) is 0 Å². The SMILES string of the molecule is CC.CCCC1CCN(CC2CCC(C)CC2)CC1. The highest BCUT2D eigenvalue weighted by molar-refractivity contribution is 4.77. The summed E-state index contributed by atoms with van der Waals surface area (Å²) >= 11 is 0. The molecule has 1 saturated carbocycles. The van der Waals surface area contributed by atoms with Crippen molar-refractivity contribution in [2.75, 3.05) is 19.6 Å². The van der Waals surface area contributed by atoms with Crippen LogP contribution in [0.25, 0.3) is 0 Å². The van der Waals surface area contributed by atoms with Gasteiger partial charge >= 0.3 is 0 Å². The zero-order valence-corrected chi connectivity index (χ0v) is 14.0. The molecule has 1 saturated heterocycles. The van der Waals surface area contributed by atoms with Crippen LogP contribution in [-0.4, -0.2) is 24.5 Å². The molecular weight excluding hydrogens is 230 g/mol. The third-order valence-corrected chi connectivity index (χ3v) is 5.06. The van der Waals surface area contributed by atoms with E-state index < -0.39 is 0 Å². The van der Waals surface area contributed by atoms with Gasteiger partial charge in [-0.3, -0.25) is 0 Å². The van der Waals surface area contributed by atoms with Crippen molar-refractivity contribution in [2.45, 2.75) is 79.1 Å². The molecule has 0 aromatic carbocycles. The smallest absolute Gasteiger partial charge is 0.000966 e. The van der Waals surface area contributed by atoms with Crippen LogP contribution in [0, 0.1) is 17.8 Å². The van der Waals surface area contributed by atoms with Crippen LogP contribution < -0.4 is 0 Å². The first-order valence-corrected chi connectivity index (χ1v) is 9.00. The fourth-order valence-electron chi connectivity index (χ4n) is 3.74. The lowest BCUT2D eigenvalue weighted by molar-refractivity contribution is 0.135. The highest BCUT2D eigenvalue weighted by Gasteiger charge is 2.23. The summed E-state index contributed by atoms with van der Waals surface area (Å²) in [4.78, 5) is 2.76. The van der Waals surface area contributed by atoms with Crippen molar-refractivity contribution in [1.82, 2.24) is 4.90 Å². The molecule has 2 fully saturated rings. The molecule has 2 rings (SSSR count). The lowest BCUT2D eigenvalue weighted by Gasteiger charge is -2.36. The molecule has 114 valence electrons. The molecule has 1 aliphatic heterocycles. The third-order valence-electron chi connectivity index (χ3n) is 5.06. The molecule has 1 aliphatic carbocycles. The fourth-order valence-corrected chi connectivity index (χ4v) is 3.74. The van der Waals surface area contributed by atoms with Gasteiger partial charge in [0, 0.05) is 6.54 Å². The fraction of sp³-hybridized carbons (Fsp3) is 1.00. The number of piperidine rings is 1. The van der Waals surface area contributed by atoms with Crippen LogP contribution in [0.1, 0.15) is 79.1 Å². The van der Waals surface area contributed by atoms with Crippen LogP contribution in [0.4, 0.5) is 0 Å². The molecule has 0 aromatic rings. The van der Waals surface area contributed by atoms with E-state index in [2.05, 4.69) is 18.7 Å². The first-order valence-electron chi connectivity index (χ1n) is 9.00. The van der Waals surface area contributed by atoms with Crippen molar-refractivity contribution in [1.29, 1.82) is 0 Å². The molecule has 19 heavy (non-hydrogen) atoms. The van der Waals surface area contributed by atoms with Crippen LogP contribution in [-0.2, 0) is 0 Å². The van der Waals surface area contributed by atoms with E-state index in [4.69, 9.17) is 0 Å². The molecule has 1 heterocycles. The second-order valence-corrected chi connectivity index (χ2v) is 6.66. The van der Waals surface area contributed by atoms with Crippen LogP contribution in [0.15, 0.2) is 0 Å². The van der Waals surface area contributed by atoms with Gasteiger partial charge in [-0.2, -0.15) is 0 Å². The summed E-state index contributed by atoms with van der Waals surface area (Å²) in [5.74, 6) is 3.07. The van der Waals surface area contributed by atoms with Crippen LogP contribution in [0.2, 0.25) is 0 Å². The molecule has 0 aromatic heterocycles. The average molecular weight is 268 g/mol. The topological polar surface area (TPSA) is 3.24 Å². The maximum Gasteiger partial charge on any atom is 0.000966 e. The van der Waals surface area contributed by atoms with Gasteiger partial charge in [0.05, 0.1) is 0 Å². The molecule has 0 unspecified atom stereocenters. The van der Waals surface area contributed by atoms with E-state index in [1.807, 2.05) is 13.8 Å². The Labute approximate surface area is 122 Å². The Balaban J connectivity index is 0.000000861. The van der Waals surface area contributed by atoms with Gasteiger partial charge in [-0.15, -0.1) is 0 Å². The van der Waals surface area contributed by atoms with E-state index >= 15 is 0 Å². The van der Waals surface area contributed by atoms with Crippen molar-refractivity contribution in [3.8, 4) is 0 Å². The van der Waals surface area contributed by atoms with Gasteiger partial charge < -0.3 is 4.90 Å². The lowest BCUT2D eigenvalue weighted by Crippen LogP contribution is -2.37. The first kappa shape index (κ1) is 17.0. The second-order valence-electron chi connectivity index (χ2n) is 6.66. The predicted molar refractivity (Wildman–Crippen MR) is 86.5 cm³/mol. The molecule has 0 N–H and O–H groups in total. The molecule has 0 atom stereocenters. The van der Waals surface area contributed by atoms with Gasteiger partial charge in [0.1, 0.15) is 0 Å². The van der Waals surface area contributed by atoms with Crippen LogP contribution in [0.3, 0.4) is 0 Å². The normalized spacial score (nSPS) is 29.7. The molecule has 0 bridgehead atoms. The Kier molecular flexibility index (Phi) is 8.77. The summed E-state index contributed by atoms with van der Waals surface area (Å²) in [6, 6.07) is 0. The average Bonchev–Trinajstić information content (AvgIpc) is 2.46. The summed E-state index contributed by atoms with van der Waals surface area (Å²) in [7, 11) is 0. The molecule has 2 aliphatic rings. The van der Waals surface area contributed by atoms with Gasteiger partial charge in [-0.1, -0.05) is 53.4 Å². The Bertz CT molecular complexity index is 198. The molecule has 0 spiro atoms. The van der Waals surface area contributed by atoms with Crippen LogP contribution >= 0.6 is 0 Å². The minimum Gasteiger partial charge on any atom is -0.303 e. The van der Waals surface area contributed by atoms with E-state index in [-0.39, 0.29) is 0 Å². The van der Waals surface area contributed by atoms with Gasteiger partial charge in [-0.25, -0.2) is 0 Å². The Morgan fingerprint density at radius 1 is 0.842 bits per heavy atom. The predicted octanol–water partition coefficient (Wildman–Crippen LogP) is 5.35. The van der Waals surface area contributed by atoms with Gasteiger partial charge in [-0.05, 0) is 56.5 Å². The zero-order valence-electron chi connectivity index (χ0n) is 14.0. The third kappa shape index (κ3) is 6.29. The van der Waals surface area contributed by atoms with Crippen molar-refractivity contribution >= 4 is 0 Å². The van der Waals surface area contributed by atoms with Crippen molar-refractivity contribution in [3.63, 3.8) is 0 Å². The van der Waals surface area contributed by atoms with Gasteiger partial charge in [0.15, 0.2) is 0 Å². The second kappa shape index (κ2) is 9.80. The molecule has 0 radical (unpaired) electrons. The number of likely N-dealkylation sites (tertiary alicyclic amines) is 1. The van der Waals surface area contributed by atoms with E-state index in [0.29, 0.717) is 0 Å².